The largest absolute Gasteiger partial charge is 0.390 e. The number of hydrogen-bond acceptors (Lipinski definition) is 9. The van der Waals surface area contributed by atoms with Crippen LogP contribution in [0.25, 0.3) is 16.3 Å². The second-order valence-electron chi connectivity index (χ2n) is 9.14. The normalized spacial score (nSPS) is 19.9. The Bertz CT molecular complexity index is 1340. The highest BCUT2D eigenvalue weighted by molar-refractivity contribution is 7.89. The molecule has 0 amide bonds. The zero-order chi connectivity index (χ0) is 25.0. The number of anilines is 1. The van der Waals surface area contributed by atoms with Gasteiger partial charge in [0.25, 0.3) is 6.43 Å². The molecule has 3 aromatic rings. The average molecular weight is 533 g/mol. The fourth-order valence-corrected chi connectivity index (χ4v) is 6.18. The molecule has 35 heavy (non-hydrogen) atoms. The van der Waals surface area contributed by atoms with Gasteiger partial charge in [0.05, 0.1) is 36.2 Å². The molecule has 10 nitrogen and oxygen atoms in total. The summed E-state index contributed by atoms with van der Waals surface area (Å²) in [6, 6.07) is 1.47. The maximum Gasteiger partial charge on any atom is 0.291 e. The van der Waals surface area contributed by atoms with Crippen LogP contribution in [0.3, 0.4) is 0 Å². The van der Waals surface area contributed by atoms with Gasteiger partial charge in [-0.3, -0.25) is 4.40 Å². The van der Waals surface area contributed by atoms with E-state index in [2.05, 4.69) is 19.9 Å². The first kappa shape index (κ1) is 24.4. The molecule has 2 aliphatic rings. The first-order chi connectivity index (χ1) is 16.5. The van der Waals surface area contributed by atoms with Crippen LogP contribution in [0.4, 0.5) is 18.9 Å². The molecule has 15 heteroatoms. The third-order valence-electron chi connectivity index (χ3n) is 6.27. The molecular weight excluding hydrogens is 509 g/mol. The van der Waals surface area contributed by atoms with Crippen LogP contribution in [0.2, 0.25) is 0 Å². The van der Waals surface area contributed by atoms with Gasteiger partial charge in [-0.2, -0.15) is 4.72 Å². The van der Waals surface area contributed by atoms with Gasteiger partial charge >= 0.3 is 0 Å². The van der Waals surface area contributed by atoms with Crippen molar-refractivity contribution in [3.63, 3.8) is 0 Å². The predicted molar refractivity (Wildman–Crippen MR) is 121 cm³/mol. The minimum Gasteiger partial charge on any atom is -0.390 e. The van der Waals surface area contributed by atoms with Gasteiger partial charge in [0, 0.05) is 19.3 Å². The number of imidazole rings is 1. The number of halogens is 3. The number of hydrogen-bond donors (Lipinski definition) is 2. The fourth-order valence-electron chi connectivity index (χ4n) is 4.11. The van der Waals surface area contributed by atoms with Gasteiger partial charge < -0.3 is 14.7 Å². The highest BCUT2D eigenvalue weighted by Gasteiger charge is 2.43. The summed E-state index contributed by atoms with van der Waals surface area (Å²) in [4.78, 5) is 6.09. The number of nitrogens with zero attached hydrogens (tertiary/aromatic N) is 5. The lowest BCUT2D eigenvalue weighted by Crippen LogP contribution is -2.63. The molecule has 0 saturated carbocycles. The summed E-state index contributed by atoms with van der Waals surface area (Å²) in [6.07, 6.45) is 0.940. The second kappa shape index (κ2) is 8.65. The smallest absolute Gasteiger partial charge is 0.291 e. The fraction of sp³-hybridized carbons (Fsp3) is 0.550. The molecule has 0 aliphatic carbocycles. The molecule has 2 aliphatic heterocycles. The minimum atomic E-state index is -4.20. The monoisotopic (exact) mass is 532 g/mol. The molecule has 0 aromatic carbocycles. The quantitative estimate of drug-likeness (QED) is 0.475. The molecule has 190 valence electrons. The third kappa shape index (κ3) is 4.50. The van der Waals surface area contributed by atoms with Crippen molar-refractivity contribution in [2.24, 2.45) is 0 Å². The summed E-state index contributed by atoms with van der Waals surface area (Å²) >= 11 is 0.661. The van der Waals surface area contributed by atoms with E-state index in [0.717, 1.165) is 0 Å². The van der Waals surface area contributed by atoms with Gasteiger partial charge in [0.2, 0.25) is 10.0 Å². The molecule has 3 aromatic heterocycles. The van der Waals surface area contributed by atoms with E-state index in [0.29, 0.717) is 48.5 Å². The van der Waals surface area contributed by atoms with Gasteiger partial charge in [-0.25, -0.2) is 26.6 Å². The van der Waals surface area contributed by atoms with Crippen LogP contribution in [0.5, 0.6) is 0 Å². The average Bonchev–Trinajstić information content (AvgIpc) is 3.43. The lowest BCUT2D eigenvalue weighted by atomic mass is 9.93. The maximum absolute atomic E-state index is 13.6. The Morgan fingerprint density at radius 1 is 1.29 bits per heavy atom. The summed E-state index contributed by atoms with van der Waals surface area (Å²) < 4.78 is 75.2. The maximum atomic E-state index is 13.6. The van der Waals surface area contributed by atoms with Crippen molar-refractivity contribution < 1.29 is 31.4 Å². The first-order valence-corrected chi connectivity index (χ1v) is 13.1. The van der Waals surface area contributed by atoms with Crippen molar-refractivity contribution >= 4 is 32.6 Å². The van der Waals surface area contributed by atoms with Gasteiger partial charge in [0.1, 0.15) is 17.1 Å². The topological polar surface area (TPSA) is 122 Å². The highest BCUT2D eigenvalue weighted by atomic mass is 32.2. The zero-order valence-corrected chi connectivity index (χ0v) is 20.3. The van der Waals surface area contributed by atoms with Gasteiger partial charge in [-0.15, -0.1) is 10.2 Å². The predicted octanol–water partition coefficient (Wildman–Crippen LogP) is 2.16. The van der Waals surface area contributed by atoms with E-state index in [-0.39, 0.29) is 28.9 Å². The van der Waals surface area contributed by atoms with Crippen LogP contribution in [0.15, 0.2) is 23.4 Å². The molecule has 5 heterocycles. The molecule has 2 saturated heterocycles. The molecule has 0 bridgehead atoms. The minimum absolute atomic E-state index is 0.0868. The van der Waals surface area contributed by atoms with Crippen molar-refractivity contribution in [2.45, 2.75) is 42.2 Å². The number of aromatic nitrogens is 4. The lowest BCUT2D eigenvalue weighted by Gasteiger charge is -2.39. The van der Waals surface area contributed by atoms with E-state index < -0.39 is 39.3 Å². The van der Waals surface area contributed by atoms with Crippen LogP contribution in [-0.4, -0.2) is 77.2 Å². The molecule has 2 N–H and O–H groups in total. The molecule has 5 rings (SSSR count). The van der Waals surface area contributed by atoms with Crippen molar-refractivity contribution in [3.8, 4) is 10.8 Å². The number of aliphatic hydroxyl groups is 1. The summed E-state index contributed by atoms with van der Waals surface area (Å²) in [5.74, 6) is 0.152. The van der Waals surface area contributed by atoms with E-state index in [4.69, 9.17) is 4.74 Å². The number of rotatable bonds is 7. The van der Waals surface area contributed by atoms with Gasteiger partial charge in [0.15, 0.2) is 15.8 Å². The number of pyridine rings is 1. The molecule has 0 atom stereocenters. The van der Waals surface area contributed by atoms with Crippen LogP contribution in [0.1, 0.15) is 31.2 Å². The zero-order valence-electron chi connectivity index (χ0n) is 18.6. The highest BCUT2D eigenvalue weighted by Crippen LogP contribution is 2.35. The standard InChI is InChI=1S/C20H23F3N6O4S2/c1-19(30)2-4-28(5-3-19)13-6-12(35(31,32)27-20(9-21)10-33-11-20)8-29-14(13)7-24-16(29)18-26-25-17(34-18)15(22)23/h6-8,15,27,30H,2-5,9-11H2,1H3. The summed E-state index contributed by atoms with van der Waals surface area (Å²) in [6.45, 7) is 1.55. The Morgan fingerprint density at radius 3 is 2.57 bits per heavy atom. The first-order valence-electron chi connectivity index (χ1n) is 10.8. The molecular formula is C20H23F3N6O4S2. The Balaban J connectivity index is 1.62. The Labute approximate surface area is 202 Å². The van der Waals surface area contributed by atoms with Crippen LogP contribution < -0.4 is 9.62 Å². The van der Waals surface area contributed by atoms with E-state index in [9.17, 15) is 26.7 Å². The number of fused-ring (bicyclic) bond motifs is 1. The number of alkyl halides is 3. The van der Waals surface area contributed by atoms with Crippen molar-refractivity contribution in [1.29, 1.82) is 0 Å². The number of ether oxygens (including phenoxy) is 1. The number of sulfonamides is 1. The van der Waals surface area contributed by atoms with Crippen LogP contribution >= 0.6 is 11.3 Å². The molecule has 2 fully saturated rings. The Hall–Kier alpha value is -2.33. The van der Waals surface area contributed by atoms with Crippen LogP contribution in [0, 0.1) is 0 Å². The number of piperidine rings is 1. The van der Waals surface area contributed by atoms with Gasteiger partial charge in [-0.1, -0.05) is 11.3 Å². The van der Waals surface area contributed by atoms with Crippen molar-refractivity contribution in [3.05, 3.63) is 23.5 Å². The molecule has 0 unspecified atom stereocenters. The van der Waals surface area contributed by atoms with Gasteiger partial charge in [-0.05, 0) is 25.8 Å². The van der Waals surface area contributed by atoms with Crippen molar-refractivity contribution in [1.82, 2.24) is 24.3 Å². The van der Waals surface area contributed by atoms with Crippen molar-refractivity contribution in [2.75, 3.05) is 37.9 Å². The summed E-state index contributed by atoms with van der Waals surface area (Å²) in [7, 11) is -4.20. The summed E-state index contributed by atoms with van der Waals surface area (Å²) in [5.41, 5.74) is -1.11. The molecule has 0 spiro atoms. The van der Waals surface area contributed by atoms with E-state index in [1.54, 1.807) is 6.92 Å². The molecule has 0 radical (unpaired) electrons. The lowest BCUT2D eigenvalue weighted by molar-refractivity contribution is -0.0725. The van der Waals surface area contributed by atoms with Crippen LogP contribution in [-0.2, 0) is 14.8 Å². The Kier molecular flexibility index (Phi) is 6.03. The summed E-state index contributed by atoms with van der Waals surface area (Å²) in [5, 5.41) is 17.3. The third-order valence-corrected chi connectivity index (χ3v) is 8.74. The van der Waals surface area contributed by atoms with E-state index >= 15 is 0 Å². The SMILES string of the molecule is CC1(O)CCN(c2cc(S(=O)(=O)NC3(CF)COC3)cn3c(-c4nnc(C(F)F)s4)ncc23)CC1. The van der Waals surface area contributed by atoms with E-state index in [1.807, 2.05) is 4.90 Å². The second-order valence-corrected chi connectivity index (χ2v) is 11.8. The van der Waals surface area contributed by atoms with E-state index in [1.165, 1.54) is 22.9 Å². The number of nitrogens with one attached hydrogen (secondary N) is 1. The Morgan fingerprint density at radius 2 is 2.00 bits per heavy atom.